The van der Waals surface area contributed by atoms with Crippen LogP contribution in [0.1, 0.15) is 30.1 Å². The van der Waals surface area contributed by atoms with Gasteiger partial charge in [-0.25, -0.2) is 4.79 Å². The van der Waals surface area contributed by atoms with E-state index in [9.17, 15) is 4.79 Å². The predicted octanol–water partition coefficient (Wildman–Crippen LogP) is 3.37. The molecule has 0 fully saturated rings. The summed E-state index contributed by atoms with van der Waals surface area (Å²) in [5.74, 6) is 0.791. The van der Waals surface area contributed by atoms with Crippen LogP contribution in [-0.2, 0) is 4.74 Å². The molecule has 0 N–H and O–H groups in total. The molecule has 0 atom stereocenters. The third-order valence-electron chi connectivity index (χ3n) is 2.05. The van der Waals surface area contributed by atoms with Gasteiger partial charge >= 0.3 is 5.97 Å². The minimum Gasteiger partial charge on any atom is -0.465 e. The largest absolute Gasteiger partial charge is 0.465 e. The van der Waals surface area contributed by atoms with E-state index in [0.29, 0.717) is 5.56 Å². The maximum Gasteiger partial charge on any atom is 0.338 e. The fourth-order valence-corrected chi connectivity index (χ4v) is 2.33. The second-order valence-corrected chi connectivity index (χ2v) is 4.33. The first-order valence-corrected chi connectivity index (χ1v) is 6.08. The molecule has 0 saturated carbocycles. The van der Waals surface area contributed by atoms with Crippen LogP contribution >= 0.6 is 11.8 Å². The topological polar surface area (TPSA) is 26.3 Å². The molecule has 1 rings (SSSR count). The fourth-order valence-electron chi connectivity index (χ4n) is 1.20. The van der Waals surface area contributed by atoms with Gasteiger partial charge in [-0.3, -0.25) is 0 Å². The first-order chi connectivity index (χ1) is 7.29. The number of carbonyl (C=O) groups is 1. The first-order valence-electron chi connectivity index (χ1n) is 5.09. The van der Waals surface area contributed by atoms with Crippen LogP contribution in [0.15, 0.2) is 29.2 Å². The summed E-state index contributed by atoms with van der Waals surface area (Å²) in [7, 11) is 1.41. The zero-order valence-electron chi connectivity index (χ0n) is 9.16. The van der Waals surface area contributed by atoms with Gasteiger partial charge < -0.3 is 4.74 Å². The summed E-state index contributed by atoms with van der Waals surface area (Å²) >= 11 is 1.71. The average molecular weight is 224 g/mol. The number of thioether (sulfide) groups is 1. The van der Waals surface area contributed by atoms with E-state index in [1.807, 2.05) is 18.2 Å². The highest BCUT2D eigenvalue weighted by Crippen LogP contribution is 2.24. The zero-order valence-corrected chi connectivity index (χ0v) is 9.97. The Kier molecular flexibility index (Phi) is 5.26. The molecule has 0 aromatic heterocycles. The van der Waals surface area contributed by atoms with Crippen molar-refractivity contribution in [2.45, 2.75) is 24.7 Å². The van der Waals surface area contributed by atoms with Crippen molar-refractivity contribution in [2.24, 2.45) is 0 Å². The van der Waals surface area contributed by atoms with E-state index in [2.05, 4.69) is 6.92 Å². The molecule has 1 aromatic rings. The van der Waals surface area contributed by atoms with E-state index in [1.165, 1.54) is 20.0 Å². The van der Waals surface area contributed by atoms with Gasteiger partial charge in [0.15, 0.2) is 0 Å². The molecule has 0 saturated heterocycles. The number of rotatable bonds is 5. The third-order valence-corrected chi connectivity index (χ3v) is 3.21. The molecule has 2 nitrogen and oxygen atoms in total. The molecule has 0 spiro atoms. The van der Waals surface area contributed by atoms with Crippen LogP contribution in [0.3, 0.4) is 0 Å². The van der Waals surface area contributed by atoms with Gasteiger partial charge in [-0.1, -0.05) is 25.5 Å². The van der Waals surface area contributed by atoms with Gasteiger partial charge in [-0.05, 0) is 24.3 Å². The Hall–Kier alpha value is -0.960. The number of carbonyl (C=O) groups excluding carboxylic acids is 1. The van der Waals surface area contributed by atoms with Crippen molar-refractivity contribution in [3.05, 3.63) is 29.8 Å². The van der Waals surface area contributed by atoms with Crippen molar-refractivity contribution in [1.29, 1.82) is 0 Å². The van der Waals surface area contributed by atoms with E-state index < -0.39 is 0 Å². The van der Waals surface area contributed by atoms with E-state index in [0.717, 1.165) is 10.6 Å². The molecule has 0 aliphatic heterocycles. The van der Waals surface area contributed by atoms with Gasteiger partial charge in [-0.15, -0.1) is 11.8 Å². The summed E-state index contributed by atoms with van der Waals surface area (Å²) in [5.41, 5.74) is 0.668. The Labute approximate surface area is 95.0 Å². The van der Waals surface area contributed by atoms with Crippen LogP contribution < -0.4 is 0 Å². The standard InChI is InChI=1S/C12H16O2S/c1-3-4-9-15-11-8-6-5-7-10(11)12(13)14-2/h5-8H,3-4,9H2,1-2H3. The second kappa shape index (κ2) is 6.51. The molecule has 0 heterocycles. The van der Waals surface area contributed by atoms with Crippen molar-refractivity contribution in [2.75, 3.05) is 12.9 Å². The van der Waals surface area contributed by atoms with Gasteiger partial charge in [0.1, 0.15) is 0 Å². The maximum absolute atomic E-state index is 11.4. The van der Waals surface area contributed by atoms with E-state index in [-0.39, 0.29) is 5.97 Å². The predicted molar refractivity (Wildman–Crippen MR) is 63.4 cm³/mol. The Morgan fingerprint density at radius 2 is 2.13 bits per heavy atom. The third kappa shape index (κ3) is 3.59. The van der Waals surface area contributed by atoms with Crippen molar-refractivity contribution in [3.8, 4) is 0 Å². The van der Waals surface area contributed by atoms with Gasteiger partial charge in [-0.2, -0.15) is 0 Å². The van der Waals surface area contributed by atoms with Crippen molar-refractivity contribution in [3.63, 3.8) is 0 Å². The molecular weight excluding hydrogens is 208 g/mol. The molecule has 0 radical (unpaired) electrons. The number of ether oxygens (including phenoxy) is 1. The van der Waals surface area contributed by atoms with Gasteiger partial charge in [0.25, 0.3) is 0 Å². The summed E-state index contributed by atoms with van der Waals surface area (Å²) < 4.78 is 4.73. The normalized spacial score (nSPS) is 10.0. The van der Waals surface area contributed by atoms with Crippen LogP contribution in [0.25, 0.3) is 0 Å². The lowest BCUT2D eigenvalue weighted by Crippen LogP contribution is -2.02. The average Bonchev–Trinajstić information content (AvgIpc) is 2.29. The Morgan fingerprint density at radius 3 is 2.80 bits per heavy atom. The number of methoxy groups -OCH3 is 1. The first kappa shape index (κ1) is 12.1. The van der Waals surface area contributed by atoms with E-state index in [4.69, 9.17) is 4.74 Å². The minimum absolute atomic E-state index is 0.255. The number of esters is 1. The van der Waals surface area contributed by atoms with Gasteiger partial charge in [0, 0.05) is 4.90 Å². The minimum atomic E-state index is -0.255. The molecule has 0 aliphatic carbocycles. The Morgan fingerprint density at radius 1 is 1.40 bits per heavy atom. The molecule has 0 aliphatic rings. The summed E-state index contributed by atoms with van der Waals surface area (Å²) in [6, 6.07) is 7.57. The Bertz CT molecular complexity index is 323. The fraction of sp³-hybridized carbons (Fsp3) is 0.417. The summed E-state index contributed by atoms with van der Waals surface area (Å²) in [4.78, 5) is 12.4. The van der Waals surface area contributed by atoms with E-state index >= 15 is 0 Å². The van der Waals surface area contributed by atoms with Crippen LogP contribution in [-0.4, -0.2) is 18.8 Å². The molecule has 0 bridgehead atoms. The van der Waals surface area contributed by atoms with Crippen LogP contribution in [0.5, 0.6) is 0 Å². The Balaban J connectivity index is 2.73. The number of hydrogen-bond donors (Lipinski definition) is 0. The monoisotopic (exact) mass is 224 g/mol. The number of unbranched alkanes of at least 4 members (excludes halogenated alkanes) is 1. The summed E-state index contributed by atoms with van der Waals surface area (Å²) in [6.07, 6.45) is 2.34. The smallest absolute Gasteiger partial charge is 0.338 e. The van der Waals surface area contributed by atoms with Crippen molar-refractivity contribution < 1.29 is 9.53 Å². The van der Waals surface area contributed by atoms with Crippen LogP contribution in [0, 0.1) is 0 Å². The van der Waals surface area contributed by atoms with Crippen molar-refractivity contribution >= 4 is 17.7 Å². The number of benzene rings is 1. The highest BCUT2D eigenvalue weighted by molar-refractivity contribution is 7.99. The SMILES string of the molecule is CCCCSc1ccccc1C(=O)OC. The lowest BCUT2D eigenvalue weighted by atomic mass is 10.2. The van der Waals surface area contributed by atoms with Crippen molar-refractivity contribution in [1.82, 2.24) is 0 Å². The van der Waals surface area contributed by atoms with Gasteiger partial charge in [0.2, 0.25) is 0 Å². The molecule has 0 unspecified atom stereocenters. The molecule has 1 aromatic carbocycles. The number of hydrogen-bond acceptors (Lipinski definition) is 3. The maximum atomic E-state index is 11.4. The lowest BCUT2D eigenvalue weighted by molar-refractivity contribution is 0.0597. The highest BCUT2D eigenvalue weighted by atomic mass is 32.2. The molecule has 15 heavy (non-hydrogen) atoms. The zero-order chi connectivity index (χ0) is 11.1. The van der Waals surface area contributed by atoms with Crippen LogP contribution in [0.2, 0.25) is 0 Å². The highest BCUT2D eigenvalue weighted by Gasteiger charge is 2.10. The summed E-state index contributed by atoms with van der Waals surface area (Å²) in [6.45, 7) is 2.16. The van der Waals surface area contributed by atoms with E-state index in [1.54, 1.807) is 17.8 Å². The quantitative estimate of drug-likeness (QED) is 0.436. The molecule has 82 valence electrons. The molecule has 3 heteroatoms. The molecular formula is C12H16O2S. The van der Waals surface area contributed by atoms with Crippen LogP contribution in [0.4, 0.5) is 0 Å². The lowest BCUT2D eigenvalue weighted by Gasteiger charge is -2.06. The van der Waals surface area contributed by atoms with Gasteiger partial charge in [0.05, 0.1) is 12.7 Å². The summed E-state index contributed by atoms with van der Waals surface area (Å²) in [5, 5.41) is 0. The molecule has 0 amide bonds. The second-order valence-electron chi connectivity index (χ2n) is 3.19.